The van der Waals surface area contributed by atoms with E-state index in [1.807, 2.05) is 6.92 Å². The van der Waals surface area contributed by atoms with Crippen LogP contribution in [0.5, 0.6) is 0 Å². The van der Waals surface area contributed by atoms with Gasteiger partial charge in [-0.15, -0.1) is 0 Å². The van der Waals surface area contributed by atoms with Crippen LogP contribution in [0, 0.1) is 0 Å². The van der Waals surface area contributed by atoms with E-state index in [4.69, 9.17) is 9.47 Å². The third-order valence-corrected chi connectivity index (χ3v) is 4.61. The first-order valence-corrected chi connectivity index (χ1v) is 10.3. The number of unbranched alkanes of at least 4 members (excludes halogenated alkanes) is 10. The predicted octanol–water partition coefficient (Wildman–Crippen LogP) is 5.96. The van der Waals surface area contributed by atoms with Gasteiger partial charge in [-0.25, -0.2) is 0 Å². The van der Waals surface area contributed by atoms with Crippen molar-refractivity contribution in [2.45, 2.75) is 110 Å². The molecule has 24 heavy (non-hydrogen) atoms. The van der Waals surface area contributed by atoms with Gasteiger partial charge in [0.2, 0.25) is 0 Å². The van der Waals surface area contributed by atoms with E-state index in [2.05, 4.69) is 19.1 Å². The minimum atomic E-state index is -0.110. The van der Waals surface area contributed by atoms with E-state index in [0.717, 1.165) is 12.8 Å². The molecule has 2 unspecified atom stereocenters. The highest BCUT2D eigenvalue weighted by atomic mass is 16.6. The molecule has 0 aromatic heterocycles. The summed E-state index contributed by atoms with van der Waals surface area (Å²) in [5.74, 6) is -0.110. The Morgan fingerprint density at radius 1 is 0.958 bits per heavy atom. The first kappa shape index (κ1) is 21.2. The smallest absolute Gasteiger partial charge is 0.305 e. The number of hydrogen-bond donors (Lipinski definition) is 0. The first-order chi connectivity index (χ1) is 11.8. The minimum absolute atomic E-state index is 0.110. The van der Waals surface area contributed by atoms with E-state index < -0.39 is 0 Å². The summed E-state index contributed by atoms with van der Waals surface area (Å²) in [6, 6.07) is 0. The maximum atomic E-state index is 11.3. The van der Waals surface area contributed by atoms with Gasteiger partial charge < -0.3 is 9.47 Å². The molecular formula is C21H38O3. The van der Waals surface area contributed by atoms with Crippen molar-refractivity contribution in [1.29, 1.82) is 0 Å². The van der Waals surface area contributed by atoms with E-state index in [-0.39, 0.29) is 18.2 Å². The van der Waals surface area contributed by atoms with Crippen LogP contribution in [-0.4, -0.2) is 24.8 Å². The van der Waals surface area contributed by atoms with Crippen molar-refractivity contribution < 1.29 is 14.3 Å². The summed E-state index contributed by atoms with van der Waals surface area (Å²) in [7, 11) is 0. The number of epoxide rings is 1. The highest BCUT2D eigenvalue weighted by molar-refractivity contribution is 5.69. The van der Waals surface area contributed by atoms with Gasteiger partial charge in [0.1, 0.15) is 6.10 Å². The Bertz CT molecular complexity index is 338. The number of allylic oxidation sites excluding steroid dienone is 1. The van der Waals surface area contributed by atoms with Crippen LogP contribution in [0.15, 0.2) is 12.2 Å². The van der Waals surface area contributed by atoms with Gasteiger partial charge in [0, 0.05) is 6.42 Å². The molecule has 3 heteroatoms. The SMILES string of the molecule is CCCCCCCCCCCC/C=C\C1OC1CCC(=O)OCC. The van der Waals surface area contributed by atoms with Crippen LogP contribution in [0.1, 0.15) is 97.3 Å². The summed E-state index contributed by atoms with van der Waals surface area (Å²) in [5.41, 5.74) is 0. The zero-order chi connectivity index (χ0) is 17.5. The van der Waals surface area contributed by atoms with E-state index >= 15 is 0 Å². The van der Waals surface area contributed by atoms with Gasteiger partial charge in [-0.1, -0.05) is 76.9 Å². The molecule has 1 aliphatic rings. The average molecular weight is 339 g/mol. The molecule has 1 fully saturated rings. The van der Waals surface area contributed by atoms with Gasteiger partial charge in [-0.05, 0) is 26.2 Å². The van der Waals surface area contributed by atoms with Crippen LogP contribution >= 0.6 is 0 Å². The predicted molar refractivity (Wildman–Crippen MR) is 100 cm³/mol. The van der Waals surface area contributed by atoms with Crippen molar-refractivity contribution in [2.75, 3.05) is 6.61 Å². The number of rotatable bonds is 16. The molecule has 1 aliphatic heterocycles. The van der Waals surface area contributed by atoms with Crippen molar-refractivity contribution in [1.82, 2.24) is 0 Å². The standard InChI is InChI=1S/C21H38O3/c1-3-5-6-7-8-9-10-11-12-13-14-15-16-19-20(24-19)17-18-21(22)23-4-2/h15-16,19-20H,3-14,17-18H2,1-2H3/b16-15-. The average Bonchev–Trinajstić information content (AvgIpc) is 3.33. The lowest BCUT2D eigenvalue weighted by molar-refractivity contribution is -0.143. The molecule has 140 valence electrons. The summed E-state index contributed by atoms with van der Waals surface area (Å²) < 4.78 is 10.5. The summed E-state index contributed by atoms with van der Waals surface area (Å²) in [4.78, 5) is 11.3. The van der Waals surface area contributed by atoms with Crippen LogP contribution in [0.4, 0.5) is 0 Å². The Kier molecular flexibility index (Phi) is 12.8. The second-order valence-electron chi connectivity index (χ2n) is 6.88. The molecule has 1 saturated heterocycles. The van der Waals surface area contributed by atoms with Crippen molar-refractivity contribution in [3.05, 3.63) is 12.2 Å². The van der Waals surface area contributed by atoms with Gasteiger partial charge in [-0.3, -0.25) is 4.79 Å². The number of hydrogen-bond acceptors (Lipinski definition) is 3. The molecular weight excluding hydrogens is 300 g/mol. The van der Waals surface area contributed by atoms with Gasteiger partial charge in [0.05, 0.1) is 12.7 Å². The Balaban J connectivity index is 1.82. The topological polar surface area (TPSA) is 38.8 Å². The van der Waals surface area contributed by atoms with Crippen LogP contribution < -0.4 is 0 Å². The first-order valence-electron chi connectivity index (χ1n) is 10.3. The van der Waals surface area contributed by atoms with E-state index in [1.165, 1.54) is 64.2 Å². The Morgan fingerprint density at radius 3 is 2.21 bits per heavy atom. The lowest BCUT2D eigenvalue weighted by Crippen LogP contribution is -2.05. The number of carbonyl (C=O) groups excluding carboxylic acids is 1. The molecule has 1 rings (SSSR count). The molecule has 0 saturated carbocycles. The monoisotopic (exact) mass is 338 g/mol. The molecule has 0 aromatic carbocycles. The number of ether oxygens (including phenoxy) is 2. The van der Waals surface area contributed by atoms with Crippen LogP contribution in [0.25, 0.3) is 0 Å². The fourth-order valence-electron chi connectivity index (χ4n) is 3.03. The van der Waals surface area contributed by atoms with Crippen molar-refractivity contribution in [3.63, 3.8) is 0 Å². The normalized spacial score (nSPS) is 19.8. The largest absolute Gasteiger partial charge is 0.466 e. The second-order valence-corrected chi connectivity index (χ2v) is 6.88. The number of esters is 1. The maximum Gasteiger partial charge on any atom is 0.305 e. The van der Waals surface area contributed by atoms with Gasteiger partial charge in [0.25, 0.3) is 0 Å². The summed E-state index contributed by atoms with van der Waals surface area (Å²) in [6.07, 6.45) is 21.1. The molecule has 0 aliphatic carbocycles. The molecule has 0 N–H and O–H groups in total. The molecule has 0 bridgehead atoms. The number of carbonyl (C=O) groups is 1. The fourth-order valence-corrected chi connectivity index (χ4v) is 3.03. The highest BCUT2D eigenvalue weighted by Crippen LogP contribution is 2.28. The lowest BCUT2D eigenvalue weighted by atomic mass is 10.1. The zero-order valence-corrected chi connectivity index (χ0v) is 15.9. The second kappa shape index (κ2) is 14.5. The van der Waals surface area contributed by atoms with Gasteiger partial charge in [0.15, 0.2) is 0 Å². The molecule has 1 heterocycles. The third-order valence-electron chi connectivity index (χ3n) is 4.61. The van der Waals surface area contributed by atoms with Crippen molar-refractivity contribution in [2.24, 2.45) is 0 Å². The Labute approximate surface area is 149 Å². The van der Waals surface area contributed by atoms with Crippen LogP contribution in [0.3, 0.4) is 0 Å². The van der Waals surface area contributed by atoms with Gasteiger partial charge >= 0.3 is 5.97 Å². The zero-order valence-electron chi connectivity index (χ0n) is 15.9. The molecule has 0 amide bonds. The Hall–Kier alpha value is -0.830. The maximum absolute atomic E-state index is 11.3. The third kappa shape index (κ3) is 11.7. The quantitative estimate of drug-likeness (QED) is 0.151. The highest BCUT2D eigenvalue weighted by Gasteiger charge is 2.36. The minimum Gasteiger partial charge on any atom is -0.466 e. The summed E-state index contributed by atoms with van der Waals surface area (Å²) >= 11 is 0. The lowest BCUT2D eigenvalue weighted by Gasteiger charge is -2.01. The molecule has 2 atom stereocenters. The van der Waals surface area contributed by atoms with E-state index in [9.17, 15) is 4.79 Å². The van der Waals surface area contributed by atoms with E-state index in [0.29, 0.717) is 13.0 Å². The Morgan fingerprint density at radius 2 is 1.58 bits per heavy atom. The fraction of sp³-hybridized carbons (Fsp3) is 0.857. The molecule has 0 spiro atoms. The van der Waals surface area contributed by atoms with Crippen LogP contribution in [-0.2, 0) is 14.3 Å². The molecule has 3 nitrogen and oxygen atoms in total. The molecule has 0 aromatic rings. The van der Waals surface area contributed by atoms with Crippen molar-refractivity contribution in [3.8, 4) is 0 Å². The molecule has 0 radical (unpaired) electrons. The van der Waals surface area contributed by atoms with Gasteiger partial charge in [-0.2, -0.15) is 0 Å². The van der Waals surface area contributed by atoms with E-state index in [1.54, 1.807) is 0 Å². The van der Waals surface area contributed by atoms with Crippen LogP contribution in [0.2, 0.25) is 0 Å². The summed E-state index contributed by atoms with van der Waals surface area (Å²) in [6.45, 7) is 4.57. The summed E-state index contributed by atoms with van der Waals surface area (Å²) in [5, 5.41) is 0. The van der Waals surface area contributed by atoms with Crippen molar-refractivity contribution >= 4 is 5.97 Å².